The van der Waals surface area contributed by atoms with E-state index in [0.717, 1.165) is 5.56 Å². The van der Waals surface area contributed by atoms with E-state index in [2.05, 4.69) is 20.6 Å². The third-order valence-electron chi connectivity index (χ3n) is 4.85. The van der Waals surface area contributed by atoms with Crippen LogP contribution in [0, 0.1) is 0 Å². The number of thiocarbonyl (C=S) groups is 1. The molecule has 1 amide bonds. The molecule has 0 aliphatic carbocycles. The number of carbonyl (C=O) groups is 1. The first-order valence-corrected chi connectivity index (χ1v) is 11.1. The Hall–Kier alpha value is -3.72. The maximum absolute atomic E-state index is 12.6. The number of halogens is 2. The maximum Gasteiger partial charge on any atom is 0.293 e. The first-order chi connectivity index (χ1) is 16.5. The first kappa shape index (κ1) is 22.1. The van der Waals surface area contributed by atoms with E-state index in [4.69, 9.17) is 44.3 Å². The molecule has 3 heterocycles. The maximum atomic E-state index is 12.6. The number of pyridine rings is 1. The minimum absolute atomic E-state index is 0.0733. The number of aromatic nitrogens is 2. The molecule has 0 bridgehead atoms. The third kappa shape index (κ3) is 4.51. The fraction of sp³-hybridized carbons (Fsp3) is 0. The van der Waals surface area contributed by atoms with Gasteiger partial charge in [-0.15, -0.1) is 0 Å². The highest BCUT2D eigenvalue weighted by atomic mass is 35.5. The Balaban J connectivity index is 1.27. The van der Waals surface area contributed by atoms with Crippen molar-refractivity contribution in [3.8, 4) is 22.8 Å². The van der Waals surface area contributed by atoms with Gasteiger partial charge in [0.25, 0.3) is 5.91 Å². The normalized spacial score (nSPS) is 10.9. The Bertz CT molecular complexity index is 1530. The van der Waals surface area contributed by atoms with Crippen molar-refractivity contribution < 1.29 is 13.6 Å². The van der Waals surface area contributed by atoms with Crippen LogP contribution in [-0.4, -0.2) is 21.0 Å². The molecule has 7 nitrogen and oxygen atoms in total. The number of nitrogens with one attached hydrogen (secondary N) is 2. The van der Waals surface area contributed by atoms with E-state index in [9.17, 15) is 4.79 Å². The second kappa shape index (κ2) is 9.26. The topological polar surface area (TPSA) is 93.2 Å². The Morgan fingerprint density at radius 1 is 0.971 bits per heavy atom. The van der Waals surface area contributed by atoms with Crippen LogP contribution in [-0.2, 0) is 0 Å². The number of rotatable bonds is 4. The summed E-state index contributed by atoms with van der Waals surface area (Å²) in [4.78, 5) is 21.1. The second-order valence-corrected chi connectivity index (χ2v) is 8.30. The van der Waals surface area contributed by atoms with Crippen molar-refractivity contribution >= 4 is 63.2 Å². The van der Waals surface area contributed by atoms with Crippen LogP contribution in [0.15, 0.2) is 81.9 Å². The van der Waals surface area contributed by atoms with Crippen molar-refractivity contribution in [3.63, 3.8) is 0 Å². The third-order valence-corrected chi connectivity index (χ3v) is 5.87. The minimum Gasteiger partial charge on any atom is -0.451 e. The number of furan rings is 1. The molecule has 5 rings (SSSR count). The molecule has 0 unspecified atom stereocenters. The van der Waals surface area contributed by atoms with Gasteiger partial charge in [0.05, 0.1) is 10.0 Å². The van der Waals surface area contributed by atoms with Crippen LogP contribution >= 0.6 is 35.4 Å². The first-order valence-electron chi connectivity index (χ1n) is 9.95. The van der Waals surface area contributed by atoms with Gasteiger partial charge in [-0.25, -0.2) is 4.98 Å². The Labute approximate surface area is 208 Å². The van der Waals surface area contributed by atoms with Gasteiger partial charge < -0.3 is 14.2 Å². The van der Waals surface area contributed by atoms with E-state index < -0.39 is 5.91 Å². The van der Waals surface area contributed by atoms with E-state index in [1.54, 1.807) is 54.9 Å². The van der Waals surface area contributed by atoms with Crippen molar-refractivity contribution in [1.82, 2.24) is 15.3 Å². The SMILES string of the molecule is O=C(NC(=S)Nc1ccc2oc(-c3ccncc3)nc2c1)c1ccc(-c2cccc(Cl)c2Cl)o1. The molecule has 0 fully saturated rings. The lowest BCUT2D eigenvalue weighted by Gasteiger charge is -2.08. The number of amides is 1. The average Bonchev–Trinajstić information content (AvgIpc) is 3.49. The van der Waals surface area contributed by atoms with Crippen LogP contribution in [0.1, 0.15) is 10.6 Å². The van der Waals surface area contributed by atoms with Gasteiger partial charge in [0.1, 0.15) is 11.3 Å². The minimum atomic E-state index is -0.510. The summed E-state index contributed by atoms with van der Waals surface area (Å²) in [6.45, 7) is 0. The molecule has 5 aromatic rings. The predicted molar refractivity (Wildman–Crippen MR) is 135 cm³/mol. The van der Waals surface area contributed by atoms with Crippen molar-refractivity contribution in [3.05, 3.63) is 88.9 Å². The predicted octanol–water partition coefficient (Wildman–Crippen LogP) is 6.58. The monoisotopic (exact) mass is 508 g/mol. The standard InChI is InChI=1S/C24H14Cl2N4O3S/c25-16-3-1-2-15(21(16)26)18-6-7-20(32-18)22(31)30-24(34)28-14-4-5-19-17(12-14)29-23(33-19)13-8-10-27-11-9-13/h1-12H,(H2,28,30,31,34). The lowest BCUT2D eigenvalue weighted by Crippen LogP contribution is -2.33. The highest BCUT2D eigenvalue weighted by molar-refractivity contribution is 7.80. The van der Waals surface area contributed by atoms with Crippen molar-refractivity contribution in [2.45, 2.75) is 0 Å². The molecule has 0 spiro atoms. The average molecular weight is 509 g/mol. The fourth-order valence-electron chi connectivity index (χ4n) is 3.25. The van der Waals surface area contributed by atoms with Crippen LogP contribution in [0.2, 0.25) is 10.0 Å². The second-order valence-electron chi connectivity index (χ2n) is 7.11. The molecule has 34 heavy (non-hydrogen) atoms. The summed E-state index contributed by atoms with van der Waals surface area (Å²) < 4.78 is 11.4. The molecule has 10 heteroatoms. The summed E-state index contributed by atoms with van der Waals surface area (Å²) in [5.41, 5.74) is 3.30. The number of fused-ring (bicyclic) bond motifs is 1. The van der Waals surface area contributed by atoms with E-state index in [1.807, 2.05) is 12.1 Å². The quantitative estimate of drug-likeness (QED) is 0.264. The smallest absolute Gasteiger partial charge is 0.293 e. The summed E-state index contributed by atoms with van der Waals surface area (Å²) in [6, 6.07) is 17.3. The summed E-state index contributed by atoms with van der Waals surface area (Å²) in [6.07, 6.45) is 3.34. The van der Waals surface area contributed by atoms with Crippen LogP contribution in [0.25, 0.3) is 33.9 Å². The zero-order valence-corrected chi connectivity index (χ0v) is 19.5. The van der Waals surface area contributed by atoms with Gasteiger partial charge in [0, 0.05) is 29.2 Å². The Morgan fingerprint density at radius 2 is 1.79 bits per heavy atom. The van der Waals surface area contributed by atoms with Crippen LogP contribution < -0.4 is 10.6 Å². The summed E-state index contributed by atoms with van der Waals surface area (Å²) in [7, 11) is 0. The molecule has 0 aliphatic rings. The van der Waals surface area contributed by atoms with Crippen molar-refractivity contribution in [1.29, 1.82) is 0 Å². The largest absolute Gasteiger partial charge is 0.451 e. The molecule has 0 atom stereocenters. The zero-order valence-electron chi connectivity index (χ0n) is 17.2. The number of benzene rings is 2. The number of hydrogen-bond acceptors (Lipinski definition) is 6. The van der Waals surface area contributed by atoms with Gasteiger partial charge >= 0.3 is 0 Å². The molecule has 3 aromatic heterocycles. The van der Waals surface area contributed by atoms with Gasteiger partial charge in [-0.1, -0.05) is 29.3 Å². The van der Waals surface area contributed by atoms with E-state index in [1.165, 1.54) is 6.07 Å². The van der Waals surface area contributed by atoms with E-state index >= 15 is 0 Å². The lowest BCUT2D eigenvalue weighted by atomic mass is 10.2. The number of nitrogens with zero attached hydrogens (tertiary/aromatic N) is 2. The summed E-state index contributed by atoms with van der Waals surface area (Å²) in [5.74, 6) is 0.463. The molecular weight excluding hydrogens is 495 g/mol. The van der Waals surface area contributed by atoms with Gasteiger partial charge in [-0.2, -0.15) is 0 Å². The lowest BCUT2D eigenvalue weighted by molar-refractivity contribution is 0.0951. The molecular formula is C24H14Cl2N4O3S. The van der Waals surface area contributed by atoms with Crippen LogP contribution in [0.3, 0.4) is 0 Å². The van der Waals surface area contributed by atoms with Gasteiger partial charge in [-0.3, -0.25) is 15.1 Å². The molecule has 2 aromatic carbocycles. The number of anilines is 1. The molecule has 2 N–H and O–H groups in total. The van der Waals surface area contributed by atoms with E-state index in [0.29, 0.717) is 44.0 Å². The molecule has 0 radical (unpaired) electrons. The molecule has 168 valence electrons. The molecule has 0 saturated heterocycles. The Kier molecular flexibility index (Phi) is 6.02. The van der Waals surface area contributed by atoms with E-state index in [-0.39, 0.29) is 10.9 Å². The number of oxazole rings is 1. The number of carbonyl (C=O) groups excluding carboxylic acids is 1. The van der Waals surface area contributed by atoms with Crippen molar-refractivity contribution in [2.75, 3.05) is 5.32 Å². The van der Waals surface area contributed by atoms with Gasteiger partial charge in [0.2, 0.25) is 5.89 Å². The van der Waals surface area contributed by atoms with Gasteiger partial charge in [-0.05, 0) is 66.8 Å². The Morgan fingerprint density at radius 3 is 2.62 bits per heavy atom. The highest BCUT2D eigenvalue weighted by Crippen LogP contribution is 2.34. The fourth-order valence-corrected chi connectivity index (χ4v) is 3.85. The van der Waals surface area contributed by atoms with Gasteiger partial charge in [0.15, 0.2) is 16.5 Å². The number of hydrogen-bond donors (Lipinski definition) is 2. The van der Waals surface area contributed by atoms with Crippen LogP contribution in [0.4, 0.5) is 5.69 Å². The summed E-state index contributed by atoms with van der Waals surface area (Å²) >= 11 is 17.6. The summed E-state index contributed by atoms with van der Waals surface area (Å²) in [5, 5.41) is 6.39. The van der Waals surface area contributed by atoms with Crippen molar-refractivity contribution in [2.24, 2.45) is 0 Å². The molecule has 0 saturated carbocycles. The zero-order chi connectivity index (χ0) is 23.7. The molecule has 0 aliphatic heterocycles. The highest BCUT2D eigenvalue weighted by Gasteiger charge is 2.16. The van der Waals surface area contributed by atoms with Crippen LogP contribution in [0.5, 0.6) is 0 Å².